The van der Waals surface area contributed by atoms with Gasteiger partial charge in [-0.25, -0.2) is 12.8 Å². The number of primary amides is 1. The van der Waals surface area contributed by atoms with E-state index < -0.39 is 33.3 Å². The lowest BCUT2D eigenvalue weighted by Gasteiger charge is -2.16. The van der Waals surface area contributed by atoms with E-state index in [2.05, 4.69) is 5.32 Å². The second-order valence-corrected chi connectivity index (χ2v) is 9.87. The zero-order valence-electron chi connectivity index (χ0n) is 14.8. The highest BCUT2D eigenvalue weighted by molar-refractivity contribution is 7.91. The van der Waals surface area contributed by atoms with E-state index in [0.717, 1.165) is 10.4 Å². The summed E-state index contributed by atoms with van der Waals surface area (Å²) in [6.07, 6.45) is 0.587. The number of nitrogens with two attached hydrogens (primary N) is 1. The highest BCUT2D eigenvalue weighted by Crippen LogP contribution is 2.38. The number of sulfonamides is 1. The summed E-state index contributed by atoms with van der Waals surface area (Å²) in [5.41, 5.74) is 4.22. The Labute approximate surface area is 164 Å². The summed E-state index contributed by atoms with van der Waals surface area (Å²) in [5, 5.41) is 12.2. The van der Waals surface area contributed by atoms with Crippen molar-refractivity contribution in [3.8, 4) is 0 Å². The third kappa shape index (κ3) is 4.07. The molecule has 28 heavy (non-hydrogen) atoms. The number of nitrogens with one attached hydrogen (secondary N) is 1. The molecule has 11 heteroatoms. The first-order chi connectivity index (χ1) is 13.0. The molecule has 0 unspecified atom stereocenters. The van der Waals surface area contributed by atoms with E-state index in [1.54, 1.807) is 0 Å². The Bertz CT molecular complexity index is 1030. The van der Waals surface area contributed by atoms with Crippen molar-refractivity contribution in [1.82, 2.24) is 4.31 Å². The summed E-state index contributed by atoms with van der Waals surface area (Å²) < 4.78 is 39.5. The third-order valence-corrected chi connectivity index (χ3v) is 7.63. The molecule has 1 aromatic heterocycles. The Morgan fingerprint density at radius 3 is 2.46 bits per heavy atom. The maximum atomic E-state index is 13.0. The average Bonchev–Trinajstić information content (AvgIpc) is 3.23. The van der Waals surface area contributed by atoms with Gasteiger partial charge in [0, 0.05) is 13.6 Å². The van der Waals surface area contributed by atoms with Gasteiger partial charge in [0.25, 0.3) is 21.8 Å². The van der Waals surface area contributed by atoms with Crippen molar-refractivity contribution in [3.63, 3.8) is 0 Å². The molecule has 0 aliphatic heterocycles. The fourth-order valence-electron chi connectivity index (χ4n) is 2.42. The van der Waals surface area contributed by atoms with E-state index in [-0.39, 0.29) is 21.3 Å². The fourth-order valence-corrected chi connectivity index (χ4v) is 5.16. The number of amides is 2. The number of anilines is 1. The van der Waals surface area contributed by atoms with Crippen LogP contribution in [0.2, 0.25) is 0 Å². The van der Waals surface area contributed by atoms with Crippen LogP contribution in [0.3, 0.4) is 0 Å². The van der Waals surface area contributed by atoms with Gasteiger partial charge in [0.15, 0.2) is 0 Å². The molecule has 4 N–H and O–H groups in total. The lowest BCUT2D eigenvalue weighted by Crippen LogP contribution is -2.29. The minimum absolute atomic E-state index is 0.0200. The minimum atomic E-state index is -4.00. The van der Waals surface area contributed by atoms with E-state index in [1.165, 1.54) is 31.3 Å². The molecule has 0 saturated heterocycles. The van der Waals surface area contributed by atoms with Crippen molar-refractivity contribution in [2.24, 2.45) is 5.73 Å². The Balaban J connectivity index is 1.86. The summed E-state index contributed by atoms with van der Waals surface area (Å²) in [5.74, 6) is -2.05. The Kier molecular flexibility index (Phi) is 5.28. The van der Waals surface area contributed by atoms with Crippen LogP contribution < -0.4 is 11.1 Å². The van der Waals surface area contributed by atoms with Crippen LogP contribution in [0.25, 0.3) is 0 Å². The molecule has 1 saturated carbocycles. The predicted molar refractivity (Wildman–Crippen MR) is 101 cm³/mol. The van der Waals surface area contributed by atoms with Gasteiger partial charge in [-0.15, -0.1) is 11.3 Å². The topological polar surface area (TPSA) is 130 Å². The van der Waals surface area contributed by atoms with Crippen molar-refractivity contribution >= 4 is 38.2 Å². The van der Waals surface area contributed by atoms with Gasteiger partial charge in [0.05, 0.1) is 5.56 Å². The number of hydrogen-bond acceptors (Lipinski definition) is 6. The van der Waals surface area contributed by atoms with E-state index in [0.29, 0.717) is 29.7 Å². The van der Waals surface area contributed by atoms with Crippen LogP contribution in [0, 0.1) is 5.82 Å². The molecule has 0 radical (unpaired) electrons. The van der Waals surface area contributed by atoms with Gasteiger partial charge in [0.2, 0.25) is 0 Å². The highest BCUT2D eigenvalue weighted by Gasteiger charge is 2.48. The molecule has 2 aromatic rings. The number of carbonyl (C=O) groups excluding carboxylic acids is 2. The molecule has 1 fully saturated rings. The zero-order valence-corrected chi connectivity index (χ0v) is 16.4. The molecule has 0 bridgehead atoms. The summed E-state index contributed by atoms with van der Waals surface area (Å²) >= 11 is 0.675. The summed E-state index contributed by atoms with van der Waals surface area (Å²) in [7, 11) is -2.66. The van der Waals surface area contributed by atoms with Crippen molar-refractivity contribution in [3.05, 3.63) is 47.3 Å². The first-order valence-electron chi connectivity index (χ1n) is 8.21. The first kappa shape index (κ1) is 20.4. The van der Waals surface area contributed by atoms with Crippen LogP contribution in [0.1, 0.15) is 28.8 Å². The van der Waals surface area contributed by atoms with Crippen molar-refractivity contribution in [1.29, 1.82) is 0 Å². The minimum Gasteiger partial charge on any atom is -0.380 e. The largest absolute Gasteiger partial charge is 0.380 e. The van der Waals surface area contributed by atoms with Gasteiger partial charge in [-0.1, -0.05) is 12.1 Å². The van der Waals surface area contributed by atoms with Crippen LogP contribution in [-0.4, -0.2) is 42.3 Å². The van der Waals surface area contributed by atoms with Gasteiger partial charge >= 0.3 is 0 Å². The van der Waals surface area contributed by atoms with E-state index >= 15 is 0 Å². The van der Waals surface area contributed by atoms with Gasteiger partial charge < -0.3 is 16.2 Å². The highest BCUT2D eigenvalue weighted by atomic mass is 32.2. The second-order valence-electron chi connectivity index (χ2n) is 6.55. The van der Waals surface area contributed by atoms with E-state index in [1.807, 2.05) is 0 Å². The number of aliphatic hydroxyl groups is 1. The Morgan fingerprint density at radius 1 is 1.32 bits per heavy atom. The van der Waals surface area contributed by atoms with Crippen LogP contribution in [0.15, 0.2) is 34.5 Å². The number of thiophene rings is 1. The van der Waals surface area contributed by atoms with Crippen LogP contribution in [0.5, 0.6) is 0 Å². The molecule has 1 aliphatic carbocycles. The van der Waals surface area contributed by atoms with Crippen LogP contribution in [-0.2, 0) is 21.4 Å². The molecular weight excluding hydrogens is 409 g/mol. The van der Waals surface area contributed by atoms with Gasteiger partial charge in [0.1, 0.15) is 20.6 Å². The molecule has 1 aromatic carbocycles. The Hall–Kier alpha value is -2.34. The normalized spacial score (nSPS) is 15.4. The van der Waals surface area contributed by atoms with Gasteiger partial charge in [-0.05, 0) is 36.6 Å². The molecule has 1 aliphatic rings. The number of rotatable bonds is 7. The maximum absolute atomic E-state index is 13.0. The number of nitrogens with zero attached hydrogens (tertiary/aromatic N) is 1. The van der Waals surface area contributed by atoms with E-state index in [4.69, 9.17) is 5.73 Å². The fraction of sp³-hybridized carbons (Fsp3) is 0.294. The van der Waals surface area contributed by atoms with Crippen LogP contribution >= 0.6 is 11.3 Å². The standard InChI is InChI=1S/C17H18FN3O5S2/c1-21(9-10-2-4-11(18)5-3-10)28(25,26)13-8-12(14(19)22)15(27-13)20-16(23)17(24)6-7-17/h2-5,8,24H,6-7,9H2,1H3,(H2,19,22)(H,20,23). The maximum Gasteiger partial charge on any atom is 0.256 e. The van der Waals surface area contributed by atoms with Crippen molar-refractivity contribution in [2.45, 2.75) is 29.2 Å². The number of halogens is 1. The van der Waals surface area contributed by atoms with Gasteiger partial charge in [-0.2, -0.15) is 4.31 Å². The van der Waals surface area contributed by atoms with Crippen molar-refractivity contribution in [2.75, 3.05) is 12.4 Å². The molecular formula is C17H18FN3O5S2. The molecule has 0 spiro atoms. The number of hydrogen-bond donors (Lipinski definition) is 3. The summed E-state index contributed by atoms with van der Waals surface area (Å²) in [4.78, 5) is 23.7. The summed E-state index contributed by atoms with van der Waals surface area (Å²) in [6, 6.07) is 6.47. The number of carbonyl (C=O) groups is 2. The lowest BCUT2D eigenvalue weighted by atomic mass is 10.2. The monoisotopic (exact) mass is 427 g/mol. The quantitative estimate of drug-likeness (QED) is 0.613. The average molecular weight is 427 g/mol. The summed E-state index contributed by atoms with van der Waals surface area (Å²) in [6.45, 7) is -0.0200. The van der Waals surface area contributed by atoms with E-state index in [9.17, 15) is 27.5 Å². The van der Waals surface area contributed by atoms with Gasteiger partial charge in [-0.3, -0.25) is 9.59 Å². The molecule has 0 atom stereocenters. The first-order valence-corrected chi connectivity index (χ1v) is 10.5. The van der Waals surface area contributed by atoms with Crippen LogP contribution in [0.4, 0.5) is 9.39 Å². The third-order valence-electron chi connectivity index (χ3n) is 4.33. The van der Waals surface area contributed by atoms with Crippen molar-refractivity contribution < 1.29 is 27.5 Å². The Morgan fingerprint density at radius 2 is 1.93 bits per heavy atom. The predicted octanol–water partition coefficient (Wildman–Crippen LogP) is 1.27. The molecule has 3 rings (SSSR count). The second kappa shape index (κ2) is 7.24. The zero-order chi connectivity index (χ0) is 20.7. The molecule has 2 amide bonds. The smallest absolute Gasteiger partial charge is 0.256 e. The SMILES string of the molecule is CN(Cc1ccc(F)cc1)S(=O)(=O)c1cc(C(N)=O)c(NC(=O)C2(O)CC2)s1. The molecule has 8 nitrogen and oxygen atoms in total. The molecule has 150 valence electrons. The number of benzene rings is 1. The molecule has 1 heterocycles. The lowest BCUT2D eigenvalue weighted by molar-refractivity contribution is -0.125.